The number of nitrogens with zero attached hydrogens (tertiary/aromatic N) is 1. The summed E-state index contributed by atoms with van der Waals surface area (Å²) in [5.74, 6) is 1.27. The summed E-state index contributed by atoms with van der Waals surface area (Å²) in [5.41, 5.74) is 1.45. The number of ether oxygens (including phenoxy) is 2. The smallest absolute Gasteiger partial charge is 0.241 e. The van der Waals surface area contributed by atoms with Crippen LogP contribution in [0.4, 0.5) is 5.69 Å². The third kappa shape index (κ3) is 4.79. The number of anilines is 1. The van der Waals surface area contributed by atoms with Gasteiger partial charge in [-0.05, 0) is 43.8 Å². The second kappa shape index (κ2) is 8.57. The maximum Gasteiger partial charge on any atom is 0.241 e. The average molecular weight is 430 g/mol. The van der Waals surface area contributed by atoms with E-state index >= 15 is 0 Å². The monoisotopic (exact) mass is 428 g/mol. The lowest BCUT2D eigenvalue weighted by Gasteiger charge is -2.25. The zero-order valence-electron chi connectivity index (χ0n) is 14.9. The Labute approximate surface area is 173 Å². The first-order valence-corrected chi connectivity index (χ1v) is 9.52. The first-order valence-electron chi connectivity index (χ1n) is 8.39. The molecule has 1 amide bonds. The molecule has 0 spiro atoms. The fourth-order valence-electron chi connectivity index (χ4n) is 2.67. The molecule has 0 saturated heterocycles. The molecule has 144 valence electrons. The van der Waals surface area contributed by atoms with Gasteiger partial charge >= 0.3 is 0 Å². The lowest BCUT2D eigenvalue weighted by Crippen LogP contribution is -2.39. The molecule has 27 heavy (non-hydrogen) atoms. The van der Waals surface area contributed by atoms with Crippen LogP contribution in [0.3, 0.4) is 0 Å². The zero-order chi connectivity index (χ0) is 19.6. The number of halogens is 3. The van der Waals surface area contributed by atoms with Gasteiger partial charge in [0.25, 0.3) is 0 Å². The molecule has 0 aromatic heterocycles. The molecule has 3 rings (SSSR count). The van der Waals surface area contributed by atoms with Crippen LogP contribution in [-0.2, 0) is 11.3 Å². The van der Waals surface area contributed by atoms with Crippen LogP contribution < -0.4 is 14.8 Å². The van der Waals surface area contributed by atoms with Crippen molar-refractivity contribution < 1.29 is 14.3 Å². The van der Waals surface area contributed by atoms with Gasteiger partial charge in [0.05, 0.1) is 26.8 Å². The highest BCUT2D eigenvalue weighted by Crippen LogP contribution is 2.33. The predicted octanol–water partition coefficient (Wildman–Crippen LogP) is 4.88. The number of benzene rings is 2. The Morgan fingerprint density at radius 3 is 2.48 bits per heavy atom. The van der Waals surface area contributed by atoms with Crippen molar-refractivity contribution in [2.75, 3.05) is 25.6 Å². The van der Waals surface area contributed by atoms with E-state index in [1.54, 1.807) is 0 Å². The van der Waals surface area contributed by atoms with E-state index in [0.717, 1.165) is 17.1 Å². The van der Waals surface area contributed by atoms with Crippen LogP contribution in [0.5, 0.6) is 11.5 Å². The molecule has 1 aliphatic rings. The van der Waals surface area contributed by atoms with Crippen molar-refractivity contribution in [2.24, 2.45) is 0 Å². The second-order valence-corrected chi connectivity index (χ2v) is 7.53. The number of nitrogens with one attached hydrogen (secondary N) is 1. The van der Waals surface area contributed by atoms with Crippen LogP contribution >= 0.6 is 34.8 Å². The van der Waals surface area contributed by atoms with Gasteiger partial charge in [-0.15, -0.1) is 0 Å². The first kappa shape index (κ1) is 20.1. The lowest BCUT2D eigenvalue weighted by atomic mass is 10.1. The summed E-state index contributed by atoms with van der Waals surface area (Å²) in [7, 11) is 1.87. The fraction of sp³-hybridized carbons (Fsp3) is 0.316. The quantitative estimate of drug-likeness (QED) is 0.689. The summed E-state index contributed by atoms with van der Waals surface area (Å²) in [6.07, 6.45) is 0. The largest absolute Gasteiger partial charge is 0.486 e. The Morgan fingerprint density at radius 2 is 1.74 bits per heavy atom. The summed E-state index contributed by atoms with van der Waals surface area (Å²) in [5, 5.41) is 3.79. The van der Waals surface area contributed by atoms with Gasteiger partial charge < -0.3 is 14.8 Å². The highest BCUT2D eigenvalue weighted by Gasteiger charge is 2.21. The molecular formula is C19H19Cl3N2O3. The molecule has 2 aromatic rings. The summed E-state index contributed by atoms with van der Waals surface area (Å²) in [6.45, 7) is 3.48. The number of hydrogen-bond acceptors (Lipinski definition) is 4. The van der Waals surface area contributed by atoms with Crippen molar-refractivity contribution in [1.29, 1.82) is 0 Å². The van der Waals surface area contributed by atoms with E-state index in [0.29, 0.717) is 40.5 Å². The van der Waals surface area contributed by atoms with Gasteiger partial charge in [-0.1, -0.05) is 40.9 Å². The van der Waals surface area contributed by atoms with Crippen molar-refractivity contribution in [3.63, 3.8) is 0 Å². The minimum absolute atomic E-state index is 0.199. The second-order valence-electron chi connectivity index (χ2n) is 6.30. The van der Waals surface area contributed by atoms with Gasteiger partial charge in [0.15, 0.2) is 11.5 Å². The normalized spacial score (nSPS) is 14.1. The van der Waals surface area contributed by atoms with Gasteiger partial charge in [-0.3, -0.25) is 9.69 Å². The Balaban J connectivity index is 1.65. The zero-order valence-corrected chi connectivity index (χ0v) is 17.2. The maximum atomic E-state index is 12.6. The molecule has 1 unspecified atom stereocenters. The predicted molar refractivity (Wildman–Crippen MR) is 108 cm³/mol. The third-order valence-corrected chi connectivity index (χ3v) is 5.38. The lowest BCUT2D eigenvalue weighted by molar-refractivity contribution is -0.120. The summed E-state index contributed by atoms with van der Waals surface area (Å²) in [6, 6.07) is 8.43. The van der Waals surface area contributed by atoms with Crippen LogP contribution in [0.1, 0.15) is 12.5 Å². The Bertz CT molecular complexity index is 860. The molecule has 0 fully saturated rings. The molecule has 5 nitrogen and oxygen atoms in total. The molecule has 0 aliphatic carbocycles. The summed E-state index contributed by atoms with van der Waals surface area (Å²) < 4.78 is 11.1. The van der Waals surface area contributed by atoms with Crippen LogP contribution in [0.2, 0.25) is 15.1 Å². The molecule has 0 radical (unpaired) electrons. The number of amides is 1. The molecular weight excluding hydrogens is 411 g/mol. The first-order chi connectivity index (χ1) is 12.8. The minimum atomic E-state index is -0.399. The Hall–Kier alpha value is -1.66. The van der Waals surface area contributed by atoms with Crippen LogP contribution in [-0.4, -0.2) is 37.1 Å². The van der Waals surface area contributed by atoms with E-state index in [2.05, 4.69) is 5.32 Å². The third-order valence-electron chi connectivity index (χ3n) is 4.35. The standard InChI is InChI=1S/C19H19Cl3N2O3/c1-11(19(25)23-16-9-14(21)13(20)8-15(16)22)24(2)10-12-3-4-17-18(7-12)27-6-5-26-17/h3-4,7-9,11H,5-6,10H2,1-2H3,(H,23,25). The topological polar surface area (TPSA) is 50.8 Å². The maximum absolute atomic E-state index is 12.6. The van der Waals surface area contributed by atoms with Crippen molar-refractivity contribution >= 4 is 46.4 Å². The van der Waals surface area contributed by atoms with Gasteiger partial charge in [-0.2, -0.15) is 0 Å². The average Bonchev–Trinajstić information content (AvgIpc) is 2.65. The van der Waals surface area contributed by atoms with Gasteiger partial charge in [0.1, 0.15) is 13.2 Å². The molecule has 1 aliphatic heterocycles. The SMILES string of the molecule is CC(C(=O)Nc1cc(Cl)c(Cl)cc1Cl)N(C)Cc1ccc2c(c1)OCCO2. The van der Waals surface area contributed by atoms with Gasteiger partial charge in [0, 0.05) is 6.54 Å². The Morgan fingerprint density at radius 1 is 1.07 bits per heavy atom. The molecule has 1 atom stereocenters. The molecule has 1 heterocycles. The molecule has 0 bridgehead atoms. The number of carbonyl (C=O) groups excluding carboxylic acids is 1. The fourth-order valence-corrected chi connectivity index (χ4v) is 3.26. The van der Waals surface area contributed by atoms with Crippen LogP contribution in [0.15, 0.2) is 30.3 Å². The van der Waals surface area contributed by atoms with Crippen LogP contribution in [0.25, 0.3) is 0 Å². The minimum Gasteiger partial charge on any atom is -0.486 e. The van der Waals surface area contributed by atoms with Crippen molar-refractivity contribution in [1.82, 2.24) is 4.90 Å². The number of hydrogen-bond donors (Lipinski definition) is 1. The van der Waals surface area contributed by atoms with E-state index in [1.165, 1.54) is 12.1 Å². The number of fused-ring (bicyclic) bond motifs is 1. The van der Waals surface area contributed by atoms with Gasteiger partial charge in [0.2, 0.25) is 5.91 Å². The van der Waals surface area contributed by atoms with E-state index < -0.39 is 6.04 Å². The summed E-state index contributed by atoms with van der Waals surface area (Å²) in [4.78, 5) is 14.5. The van der Waals surface area contributed by atoms with Crippen LogP contribution in [0, 0.1) is 0 Å². The molecule has 0 saturated carbocycles. The van der Waals surface area contributed by atoms with E-state index in [-0.39, 0.29) is 5.91 Å². The Kier molecular flexibility index (Phi) is 6.37. The van der Waals surface area contributed by atoms with E-state index in [1.807, 2.05) is 37.1 Å². The van der Waals surface area contributed by atoms with Crippen molar-refractivity contribution in [3.8, 4) is 11.5 Å². The number of likely N-dealkylation sites (N-methyl/N-ethyl adjacent to an activating group) is 1. The number of carbonyl (C=O) groups is 1. The highest BCUT2D eigenvalue weighted by molar-refractivity contribution is 6.44. The number of rotatable bonds is 5. The highest BCUT2D eigenvalue weighted by atomic mass is 35.5. The van der Waals surface area contributed by atoms with E-state index in [9.17, 15) is 4.79 Å². The molecule has 1 N–H and O–H groups in total. The van der Waals surface area contributed by atoms with E-state index in [4.69, 9.17) is 44.3 Å². The molecule has 8 heteroatoms. The van der Waals surface area contributed by atoms with Gasteiger partial charge in [-0.25, -0.2) is 0 Å². The van der Waals surface area contributed by atoms with Crippen molar-refractivity contribution in [2.45, 2.75) is 19.5 Å². The molecule has 2 aromatic carbocycles. The van der Waals surface area contributed by atoms with Crippen molar-refractivity contribution in [3.05, 3.63) is 51.0 Å². The summed E-state index contributed by atoms with van der Waals surface area (Å²) >= 11 is 18.1.